The van der Waals surface area contributed by atoms with Crippen LogP contribution in [0.25, 0.3) is 0 Å². The largest absolute Gasteiger partial charge is 0.273 e. The standard InChI is InChI=1S/C20H25FN2O/c1-13(17-2-4-18(21)5-3-17)22-23-19(24)12-20-9-14-6-15(10-20)8-16(7-14)11-20/h2-5,14-16H,6-12H2,1H3,(H,23,24)/b22-13-. The predicted molar refractivity (Wildman–Crippen MR) is 92.0 cm³/mol. The molecule has 0 aromatic heterocycles. The van der Waals surface area contributed by atoms with Crippen molar-refractivity contribution in [2.75, 3.05) is 0 Å². The molecule has 0 atom stereocenters. The van der Waals surface area contributed by atoms with Gasteiger partial charge >= 0.3 is 0 Å². The summed E-state index contributed by atoms with van der Waals surface area (Å²) in [5, 5.41) is 4.22. The van der Waals surface area contributed by atoms with Gasteiger partial charge in [-0.1, -0.05) is 12.1 Å². The molecule has 128 valence electrons. The summed E-state index contributed by atoms with van der Waals surface area (Å²) in [5.41, 5.74) is 4.49. The lowest BCUT2D eigenvalue weighted by atomic mass is 9.49. The van der Waals surface area contributed by atoms with Crippen molar-refractivity contribution in [2.24, 2.45) is 28.3 Å². The summed E-state index contributed by atoms with van der Waals surface area (Å²) in [6.07, 6.45) is 8.47. The number of rotatable bonds is 4. The normalized spacial score (nSPS) is 34.4. The Balaban J connectivity index is 1.38. The molecule has 0 spiro atoms. The molecule has 0 radical (unpaired) electrons. The van der Waals surface area contributed by atoms with Crippen LogP contribution in [0.5, 0.6) is 0 Å². The van der Waals surface area contributed by atoms with Gasteiger partial charge in [-0.05, 0) is 86.3 Å². The average Bonchev–Trinajstić information content (AvgIpc) is 2.51. The molecule has 0 unspecified atom stereocenters. The van der Waals surface area contributed by atoms with Crippen LogP contribution in [0.15, 0.2) is 29.4 Å². The van der Waals surface area contributed by atoms with E-state index in [1.165, 1.54) is 50.7 Å². The SMILES string of the molecule is C/C(=N/NC(=O)CC12CC3CC(CC(C3)C1)C2)c1ccc(F)cc1. The van der Waals surface area contributed by atoms with Crippen molar-refractivity contribution < 1.29 is 9.18 Å². The van der Waals surface area contributed by atoms with Gasteiger partial charge in [-0.3, -0.25) is 4.79 Å². The first-order valence-corrected chi connectivity index (χ1v) is 9.10. The molecule has 24 heavy (non-hydrogen) atoms. The Kier molecular flexibility index (Phi) is 3.93. The van der Waals surface area contributed by atoms with Gasteiger partial charge in [-0.25, -0.2) is 9.82 Å². The highest BCUT2D eigenvalue weighted by atomic mass is 19.1. The highest BCUT2D eigenvalue weighted by molar-refractivity contribution is 5.99. The third kappa shape index (κ3) is 3.11. The molecule has 1 aromatic carbocycles. The first-order chi connectivity index (χ1) is 11.5. The van der Waals surface area contributed by atoms with Crippen LogP contribution in [0.3, 0.4) is 0 Å². The van der Waals surface area contributed by atoms with Crippen LogP contribution in [0.1, 0.15) is 57.4 Å². The Morgan fingerprint density at radius 1 is 1.12 bits per heavy atom. The van der Waals surface area contributed by atoms with Gasteiger partial charge in [0, 0.05) is 6.42 Å². The first kappa shape index (κ1) is 15.8. The highest BCUT2D eigenvalue weighted by Crippen LogP contribution is 2.61. The second-order valence-electron chi connectivity index (χ2n) is 8.33. The molecule has 1 amide bonds. The van der Waals surface area contributed by atoms with Crippen LogP contribution in [0, 0.1) is 29.0 Å². The van der Waals surface area contributed by atoms with E-state index in [1.54, 1.807) is 12.1 Å². The van der Waals surface area contributed by atoms with E-state index < -0.39 is 0 Å². The minimum Gasteiger partial charge on any atom is -0.273 e. The third-order valence-corrected chi connectivity index (χ3v) is 6.31. The van der Waals surface area contributed by atoms with Crippen LogP contribution in [0.4, 0.5) is 4.39 Å². The maximum absolute atomic E-state index is 13.0. The number of hydrogen-bond donors (Lipinski definition) is 1. The molecule has 4 aliphatic rings. The molecule has 5 rings (SSSR count). The Morgan fingerprint density at radius 3 is 2.21 bits per heavy atom. The Hall–Kier alpha value is -1.71. The molecule has 4 fully saturated rings. The van der Waals surface area contributed by atoms with Crippen LogP contribution in [-0.4, -0.2) is 11.6 Å². The lowest BCUT2D eigenvalue weighted by molar-refractivity contribution is -0.129. The number of hydrazone groups is 1. The molecule has 0 heterocycles. The van der Waals surface area contributed by atoms with Crippen LogP contribution in [0.2, 0.25) is 0 Å². The second-order valence-corrected chi connectivity index (χ2v) is 8.33. The van der Waals surface area contributed by atoms with Crippen molar-refractivity contribution in [2.45, 2.75) is 51.9 Å². The maximum Gasteiger partial charge on any atom is 0.240 e. The van der Waals surface area contributed by atoms with E-state index in [0.29, 0.717) is 12.1 Å². The number of carbonyl (C=O) groups is 1. The Labute approximate surface area is 142 Å². The molecule has 0 saturated heterocycles. The van der Waals surface area contributed by atoms with Gasteiger partial charge in [0.05, 0.1) is 5.71 Å². The average molecular weight is 328 g/mol. The van der Waals surface area contributed by atoms with Crippen molar-refractivity contribution in [1.29, 1.82) is 0 Å². The quantitative estimate of drug-likeness (QED) is 0.651. The fraction of sp³-hybridized carbons (Fsp3) is 0.600. The topological polar surface area (TPSA) is 41.5 Å². The van der Waals surface area contributed by atoms with Crippen molar-refractivity contribution in [3.63, 3.8) is 0 Å². The van der Waals surface area contributed by atoms with Crippen molar-refractivity contribution in [3.05, 3.63) is 35.6 Å². The molecule has 4 saturated carbocycles. The summed E-state index contributed by atoms with van der Waals surface area (Å²) in [7, 11) is 0. The molecule has 0 aliphatic heterocycles. The fourth-order valence-corrected chi connectivity index (χ4v) is 5.79. The van der Waals surface area contributed by atoms with Gasteiger partial charge in [0.2, 0.25) is 5.91 Å². The van der Waals surface area contributed by atoms with E-state index in [0.717, 1.165) is 23.3 Å². The van der Waals surface area contributed by atoms with Gasteiger partial charge in [0.1, 0.15) is 5.82 Å². The molecular formula is C20H25FN2O. The Morgan fingerprint density at radius 2 is 1.67 bits per heavy atom. The number of nitrogens with zero attached hydrogens (tertiary/aromatic N) is 1. The van der Waals surface area contributed by atoms with Gasteiger partial charge in [0.25, 0.3) is 0 Å². The van der Waals surface area contributed by atoms with Crippen LogP contribution in [-0.2, 0) is 4.79 Å². The minimum absolute atomic E-state index is 0.0263. The summed E-state index contributed by atoms with van der Waals surface area (Å²) < 4.78 is 13.0. The fourth-order valence-electron chi connectivity index (χ4n) is 5.79. The van der Waals surface area contributed by atoms with Gasteiger partial charge in [-0.2, -0.15) is 5.10 Å². The summed E-state index contributed by atoms with van der Waals surface area (Å²) >= 11 is 0. The molecule has 4 aliphatic carbocycles. The highest BCUT2D eigenvalue weighted by Gasteiger charge is 2.51. The van der Waals surface area contributed by atoms with E-state index in [-0.39, 0.29) is 17.1 Å². The van der Waals surface area contributed by atoms with Crippen LogP contribution < -0.4 is 5.43 Å². The van der Waals surface area contributed by atoms with E-state index >= 15 is 0 Å². The zero-order valence-electron chi connectivity index (χ0n) is 14.2. The smallest absolute Gasteiger partial charge is 0.240 e. The summed E-state index contributed by atoms with van der Waals surface area (Å²) in [5.74, 6) is 2.33. The van der Waals surface area contributed by atoms with Gasteiger partial charge < -0.3 is 0 Å². The molecule has 3 nitrogen and oxygen atoms in total. The zero-order valence-corrected chi connectivity index (χ0v) is 14.2. The first-order valence-electron chi connectivity index (χ1n) is 9.10. The number of halogens is 1. The maximum atomic E-state index is 13.0. The van der Waals surface area contributed by atoms with E-state index in [9.17, 15) is 9.18 Å². The van der Waals surface area contributed by atoms with E-state index in [4.69, 9.17) is 0 Å². The number of hydrogen-bond acceptors (Lipinski definition) is 2. The lowest BCUT2D eigenvalue weighted by Crippen LogP contribution is -2.47. The molecule has 4 bridgehead atoms. The summed E-state index contributed by atoms with van der Waals surface area (Å²) in [6.45, 7) is 1.83. The number of carbonyl (C=O) groups excluding carboxylic acids is 1. The van der Waals surface area contributed by atoms with E-state index in [2.05, 4.69) is 10.5 Å². The number of benzene rings is 1. The lowest BCUT2D eigenvalue weighted by Gasteiger charge is -2.56. The van der Waals surface area contributed by atoms with Crippen molar-refractivity contribution in [3.8, 4) is 0 Å². The minimum atomic E-state index is -0.266. The van der Waals surface area contributed by atoms with Crippen LogP contribution >= 0.6 is 0 Å². The Bertz CT molecular complexity index is 629. The van der Waals surface area contributed by atoms with E-state index in [1.807, 2.05) is 6.92 Å². The monoisotopic (exact) mass is 328 g/mol. The zero-order chi connectivity index (χ0) is 16.7. The van der Waals surface area contributed by atoms with Crippen molar-refractivity contribution >= 4 is 11.6 Å². The van der Waals surface area contributed by atoms with Crippen molar-refractivity contribution in [1.82, 2.24) is 5.43 Å². The molecule has 4 heteroatoms. The van der Waals surface area contributed by atoms with Gasteiger partial charge in [-0.15, -0.1) is 0 Å². The predicted octanol–water partition coefficient (Wildman–Crippen LogP) is 4.27. The summed E-state index contributed by atoms with van der Waals surface area (Å²) in [4.78, 5) is 12.4. The van der Waals surface area contributed by atoms with Gasteiger partial charge in [0.15, 0.2) is 0 Å². The number of nitrogens with one attached hydrogen (secondary N) is 1. The third-order valence-electron chi connectivity index (χ3n) is 6.31. The molecule has 1 aromatic rings. The second kappa shape index (κ2) is 5.98. The molecule has 1 N–H and O–H groups in total. The molecular weight excluding hydrogens is 303 g/mol. The summed E-state index contributed by atoms with van der Waals surface area (Å²) in [6, 6.07) is 6.18. The number of amides is 1.